The summed E-state index contributed by atoms with van der Waals surface area (Å²) in [4.78, 5) is 0. The predicted molar refractivity (Wildman–Crippen MR) is 81.8 cm³/mol. The lowest BCUT2D eigenvalue weighted by atomic mass is 10.2. The Morgan fingerprint density at radius 2 is 1.89 bits per heavy atom. The number of phenols is 1. The van der Waals surface area contributed by atoms with Crippen LogP contribution < -0.4 is 4.74 Å². The van der Waals surface area contributed by atoms with Gasteiger partial charge in [-0.15, -0.1) is 0 Å². The van der Waals surface area contributed by atoms with E-state index in [1.807, 2.05) is 54.6 Å². The fourth-order valence-corrected chi connectivity index (χ4v) is 1.78. The molecule has 0 bridgehead atoms. The highest BCUT2D eigenvalue weighted by Gasteiger charge is 2.01. The van der Waals surface area contributed by atoms with Crippen LogP contribution in [0.25, 0.3) is 6.08 Å². The molecular formula is C16H16O2S. The maximum Gasteiger partial charge on any atom is 0.126 e. The third-order valence-corrected chi connectivity index (χ3v) is 2.86. The monoisotopic (exact) mass is 272 g/mol. The van der Waals surface area contributed by atoms with Gasteiger partial charge in [0.25, 0.3) is 0 Å². The first kappa shape index (κ1) is 13.6. The molecule has 0 fully saturated rings. The van der Waals surface area contributed by atoms with Crippen molar-refractivity contribution in [2.24, 2.45) is 0 Å². The van der Waals surface area contributed by atoms with E-state index in [9.17, 15) is 5.11 Å². The van der Waals surface area contributed by atoms with Gasteiger partial charge in [0.15, 0.2) is 0 Å². The predicted octanol–water partition coefficient (Wildman–Crippen LogP) is 3.91. The summed E-state index contributed by atoms with van der Waals surface area (Å²) in [6.45, 7) is 0.492. The molecule has 0 aliphatic rings. The third kappa shape index (κ3) is 4.07. The summed E-state index contributed by atoms with van der Waals surface area (Å²) in [5, 5.41) is 9.86. The van der Waals surface area contributed by atoms with E-state index in [-0.39, 0.29) is 5.75 Å². The summed E-state index contributed by atoms with van der Waals surface area (Å²) < 4.78 is 5.63. The zero-order chi connectivity index (χ0) is 13.5. The number of ether oxygens (including phenoxy) is 1. The highest BCUT2D eigenvalue weighted by atomic mass is 32.1. The lowest BCUT2D eigenvalue weighted by Gasteiger charge is -2.07. The van der Waals surface area contributed by atoms with Gasteiger partial charge < -0.3 is 9.84 Å². The van der Waals surface area contributed by atoms with Gasteiger partial charge in [0.2, 0.25) is 0 Å². The van der Waals surface area contributed by atoms with Crippen LogP contribution in [0.5, 0.6) is 11.5 Å². The van der Waals surface area contributed by atoms with Crippen molar-refractivity contribution >= 4 is 18.7 Å². The standard InChI is InChI=1S/C16H16O2S/c17-16-11-15(9-8-14(16)7-4-10-19)18-12-13-5-2-1-3-6-13/h1-9,11,17,19H,10,12H2. The number of aromatic hydroxyl groups is 1. The van der Waals surface area contributed by atoms with E-state index in [2.05, 4.69) is 12.6 Å². The summed E-state index contributed by atoms with van der Waals surface area (Å²) in [5.74, 6) is 1.51. The van der Waals surface area contributed by atoms with Crippen molar-refractivity contribution in [2.45, 2.75) is 6.61 Å². The van der Waals surface area contributed by atoms with Crippen molar-refractivity contribution in [1.82, 2.24) is 0 Å². The molecule has 2 rings (SSSR count). The second-order valence-corrected chi connectivity index (χ2v) is 4.44. The van der Waals surface area contributed by atoms with Crippen LogP contribution in [0.4, 0.5) is 0 Å². The molecule has 0 saturated carbocycles. The van der Waals surface area contributed by atoms with Gasteiger partial charge in [-0.1, -0.05) is 42.5 Å². The smallest absolute Gasteiger partial charge is 0.126 e. The Bertz CT molecular complexity index is 550. The third-order valence-electron chi connectivity index (χ3n) is 2.65. The van der Waals surface area contributed by atoms with Gasteiger partial charge in [0.1, 0.15) is 18.1 Å². The lowest BCUT2D eigenvalue weighted by molar-refractivity contribution is 0.304. The second kappa shape index (κ2) is 6.90. The van der Waals surface area contributed by atoms with Crippen LogP contribution in [-0.2, 0) is 6.61 Å². The van der Waals surface area contributed by atoms with E-state index in [1.165, 1.54) is 0 Å². The SMILES string of the molecule is Oc1cc(OCc2ccccc2)ccc1C=CCS. The quantitative estimate of drug-likeness (QED) is 0.808. The summed E-state index contributed by atoms with van der Waals surface area (Å²) in [5.41, 5.74) is 1.86. The molecule has 3 heteroatoms. The number of benzene rings is 2. The second-order valence-electron chi connectivity index (χ2n) is 4.08. The summed E-state index contributed by atoms with van der Waals surface area (Å²) >= 11 is 4.09. The molecule has 0 spiro atoms. The van der Waals surface area contributed by atoms with E-state index < -0.39 is 0 Å². The topological polar surface area (TPSA) is 29.5 Å². The van der Waals surface area contributed by atoms with Crippen molar-refractivity contribution in [3.63, 3.8) is 0 Å². The van der Waals surface area contributed by atoms with E-state index in [0.29, 0.717) is 18.1 Å². The van der Waals surface area contributed by atoms with E-state index >= 15 is 0 Å². The zero-order valence-electron chi connectivity index (χ0n) is 10.5. The normalized spacial score (nSPS) is 10.8. The molecule has 2 nitrogen and oxygen atoms in total. The molecule has 0 amide bonds. The van der Waals surface area contributed by atoms with E-state index in [4.69, 9.17) is 4.74 Å². The number of thiol groups is 1. The van der Waals surface area contributed by atoms with Crippen LogP contribution in [0, 0.1) is 0 Å². The molecule has 98 valence electrons. The van der Waals surface area contributed by atoms with Crippen LogP contribution in [0.3, 0.4) is 0 Å². The molecule has 0 aromatic heterocycles. The number of phenolic OH excluding ortho intramolecular Hbond substituents is 1. The summed E-state index contributed by atoms with van der Waals surface area (Å²) in [6.07, 6.45) is 3.71. The van der Waals surface area contributed by atoms with Crippen LogP contribution in [0.15, 0.2) is 54.6 Å². The molecule has 0 atom stereocenters. The fraction of sp³-hybridized carbons (Fsp3) is 0.125. The van der Waals surface area contributed by atoms with Gasteiger partial charge in [-0.2, -0.15) is 12.6 Å². The first-order valence-electron chi connectivity index (χ1n) is 6.07. The van der Waals surface area contributed by atoms with Crippen LogP contribution in [-0.4, -0.2) is 10.9 Å². The minimum Gasteiger partial charge on any atom is -0.507 e. The average Bonchev–Trinajstić information content (AvgIpc) is 2.45. The molecule has 0 aliphatic carbocycles. The van der Waals surface area contributed by atoms with Gasteiger partial charge in [-0.05, 0) is 17.7 Å². The molecule has 0 radical (unpaired) electrons. The molecule has 19 heavy (non-hydrogen) atoms. The van der Waals surface area contributed by atoms with Crippen LogP contribution in [0.2, 0.25) is 0 Å². The Morgan fingerprint density at radius 1 is 1.11 bits per heavy atom. The van der Waals surface area contributed by atoms with E-state index in [1.54, 1.807) is 6.07 Å². The molecule has 1 N–H and O–H groups in total. The van der Waals surface area contributed by atoms with Gasteiger partial charge >= 0.3 is 0 Å². The van der Waals surface area contributed by atoms with Crippen molar-refractivity contribution in [3.05, 3.63) is 65.7 Å². The van der Waals surface area contributed by atoms with E-state index in [0.717, 1.165) is 11.1 Å². The minimum atomic E-state index is 0.212. The summed E-state index contributed by atoms with van der Waals surface area (Å²) in [7, 11) is 0. The molecule has 0 unspecified atom stereocenters. The maximum absolute atomic E-state index is 9.86. The first-order valence-corrected chi connectivity index (χ1v) is 6.70. The number of hydrogen-bond acceptors (Lipinski definition) is 3. The van der Waals surface area contributed by atoms with Crippen molar-refractivity contribution in [3.8, 4) is 11.5 Å². The number of rotatable bonds is 5. The molecule has 0 saturated heterocycles. The first-order chi connectivity index (χ1) is 9.29. The summed E-state index contributed by atoms with van der Waals surface area (Å²) in [6, 6.07) is 15.2. The van der Waals surface area contributed by atoms with Crippen molar-refractivity contribution in [2.75, 3.05) is 5.75 Å². The Balaban J connectivity index is 2.02. The highest BCUT2D eigenvalue weighted by Crippen LogP contribution is 2.25. The van der Waals surface area contributed by atoms with Crippen LogP contribution >= 0.6 is 12.6 Å². The largest absolute Gasteiger partial charge is 0.507 e. The average molecular weight is 272 g/mol. The van der Waals surface area contributed by atoms with Crippen LogP contribution in [0.1, 0.15) is 11.1 Å². The Hall–Kier alpha value is -1.87. The minimum absolute atomic E-state index is 0.212. The Kier molecular flexibility index (Phi) is 4.93. The molecule has 2 aromatic rings. The van der Waals surface area contributed by atoms with Gasteiger partial charge in [0.05, 0.1) is 0 Å². The Morgan fingerprint density at radius 3 is 2.58 bits per heavy atom. The van der Waals surface area contributed by atoms with Gasteiger partial charge in [-0.25, -0.2) is 0 Å². The molecule has 0 aliphatic heterocycles. The zero-order valence-corrected chi connectivity index (χ0v) is 11.4. The highest BCUT2D eigenvalue weighted by molar-refractivity contribution is 7.80. The Labute approximate surface area is 118 Å². The number of hydrogen-bond donors (Lipinski definition) is 2. The maximum atomic E-state index is 9.86. The fourth-order valence-electron chi connectivity index (χ4n) is 1.67. The lowest BCUT2D eigenvalue weighted by Crippen LogP contribution is -1.94. The molecule has 2 aromatic carbocycles. The van der Waals surface area contributed by atoms with Gasteiger partial charge in [-0.3, -0.25) is 0 Å². The van der Waals surface area contributed by atoms with Crippen molar-refractivity contribution < 1.29 is 9.84 Å². The molecule has 0 heterocycles. The van der Waals surface area contributed by atoms with Gasteiger partial charge in [0, 0.05) is 17.4 Å². The van der Waals surface area contributed by atoms with Crippen molar-refractivity contribution in [1.29, 1.82) is 0 Å². The molecular weight excluding hydrogens is 256 g/mol.